The Bertz CT molecular complexity index is 460. The van der Waals surface area contributed by atoms with Crippen molar-refractivity contribution in [2.24, 2.45) is 5.73 Å². The number of hydrogen-bond acceptors (Lipinski definition) is 3. The Kier molecular flexibility index (Phi) is 8.66. The predicted octanol–water partition coefficient (Wildman–Crippen LogP) is 1.51. The van der Waals surface area contributed by atoms with Crippen LogP contribution in [0.4, 0.5) is 0 Å². The van der Waals surface area contributed by atoms with Gasteiger partial charge in [-0.1, -0.05) is 12.1 Å². The molecule has 0 unspecified atom stereocenters. The van der Waals surface area contributed by atoms with Crippen molar-refractivity contribution in [2.75, 3.05) is 27.2 Å². The Balaban J connectivity index is 0.00000400. The highest BCUT2D eigenvalue weighted by molar-refractivity contribution is 5.93. The maximum Gasteiger partial charge on any atom is 0.253 e. The summed E-state index contributed by atoms with van der Waals surface area (Å²) in [4.78, 5) is 26.9. The number of benzene rings is 1. The van der Waals surface area contributed by atoms with Gasteiger partial charge >= 0.3 is 0 Å². The molecule has 0 radical (unpaired) electrons. The SMILES string of the molecule is CCN(Cc1ccc(C(=O)N(C)C)cc1)C(=O)CCN.Cl. The zero-order valence-corrected chi connectivity index (χ0v) is 13.7. The third-order valence-corrected chi connectivity index (χ3v) is 3.07. The molecule has 5 nitrogen and oxygen atoms in total. The molecule has 1 aromatic rings. The van der Waals surface area contributed by atoms with Crippen LogP contribution in [0.25, 0.3) is 0 Å². The summed E-state index contributed by atoms with van der Waals surface area (Å²) in [5.41, 5.74) is 7.06. The molecular formula is C15H24ClN3O2. The zero-order chi connectivity index (χ0) is 15.1. The first-order valence-corrected chi connectivity index (χ1v) is 6.78. The molecule has 2 amide bonds. The molecule has 0 aliphatic carbocycles. The molecule has 1 aromatic carbocycles. The van der Waals surface area contributed by atoms with Crippen molar-refractivity contribution < 1.29 is 9.59 Å². The number of carbonyl (C=O) groups is 2. The fraction of sp³-hybridized carbons (Fsp3) is 0.467. The lowest BCUT2D eigenvalue weighted by molar-refractivity contribution is -0.131. The normalized spacial score (nSPS) is 9.71. The Hall–Kier alpha value is -1.59. The first kappa shape index (κ1) is 19.4. The van der Waals surface area contributed by atoms with E-state index in [2.05, 4.69) is 0 Å². The Morgan fingerprint density at radius 2 is 1.71 bits per heavy atom. The maximum absolute atomic E-state index is 11.8. The summed E-state index contributed by atoms with van der Waals surface area (Å²) in [5.74, 6) is 0.0338. The van der Waals surface area contributed by atoms with Gasteiger partial charge in [0, 0.05) is 45.7 Å². The van der Waals surface area contributed by atoms with E-state index in [1.165, 1.54) is 4.90 Å². The van der Waals surface area contributed by atoms with Gasteiger partial charge in [0.25, 0.3) is 5.91 Å². The molecule has 0 atom stereocenters. The quantitative estimate of drug-likeness (QED) is 0.865. The second kappa shape index (κ2) is 9.37. The molecule has 0 aliphatic rings. The number of nitrogens with zero attached hydrogens (tertiary/aromatic N) is 2. The summed E-state index contributed by atoms with van der Waals surface area (Å²) in [7, 11) is 3.45. The Morgan fingerprint density at radius 3 is 2.14 bits per heavy atom. The van der Waals surface area contributed by atoms with Crippen LogP contribution in [0.15, 0.2) is 24.3 Å². The van der Waals surface area contributed by atoms with E-state index in [1.54, 1.807) is 31.1 Å². The molecule has 1 rings (SSSR count). The van der Waals surface area contributed by atoms with Crippen LogP contribution in [0.1, 0.15) is 29.3 Å². The lowest BCUT2D eigenvalue weighted by Gasteiger charge is -2.21. The molecule has 0 aliphatic heterocycles. The molecule has 0 saturated carbocycles. The molecule has 6 heteroatoms. The van der Waals surface area contributed by atoms with Gasteiger partial charge < -0.3 is 15.5 Å². The summed E-state index contributed by atoms with van der Waals surface area (Å²) < 4.78 is 0. The molecule has 0 aromatic heterocycles. The zero-order valence-electron chi connectivity index (χ0n) is 12.8. The summed E-state index contributed by atoms with van der Waals surface area (Å²) in [5, 5.41) is 0. The van der Waals surface area contributed by atoms with Crippen molar-refractivity contribution in [3.8, 4) is 0 Å². The van der Waals surface area contributed by atoms with Gasteiger partial charge in [0.15, 0.2) is 0 Å². The first-order valence-electron chi connectivity index (χ1n) is 6.78. The summed E-state index contributed by atoms with van der Waals surface area (Å²) in [6.07, 6.45) is 0.366. The van der Waals surface area contributed by atoms with Crippen LogP contribution in [0.3, 0.4) is 0 Å². The molecule has 0 heterocycles. The van der Waals surface area contributed by atoms with Crippen LogP contribution >= 0.6 is 12.4 Å². The van der Waals surface area contributed by atoms with E-state index in [1.807, 2.05) is 19.1 Å². The van der Waals surface area contributed by atoms with Crippen molar-refractivity contribution in [1.29, 1.82) is 0 Å². The van der Waals surface area contributed by atoms with E-state index in [9.17, 15) is 9.59 Å². The third kappa shape index (κ3) is 5.73. The van der Waals surface area contributed by atoms with Crippen LogP contribution in [-0.2, 0) is 11.3 Å². The van der Waals surface area contributed by atoms with Gasteiger partial charge in [0.1, 0.15) is 0 Å². The molecule has 0 fully saturated rings. The van der Waals surface area contributed by atoms with Crippen LogP contribution in [-0.4, -0.2) is 48.8 Å². The summed E-state index contributed by atoms with van der Waals surface area (Å²) in [6.45, 7) is 3.51. The van der Waals surface area contributed by atoms with Crippen molar-refractivity contribution in [3.63, 3.8) is 0 Å². The van der Waals surface area contributed by atoms with E-state index >= 15 is 0 Å². The second-order valence-corrected chi connectivity index (χ2v) is 4.84. The van der Waals surface area contributed by atoms with Crippen LogP contribution < -0.4 is 5.73 Å². The van der Waals surface area contributed by atoms with Gasteiger partial charge in [-0.05, 0) is 24.6 Å². The largest absolute Gasteiger partial charge is 0.345 e. The lowest BCUT2D eigenvalue weighted by Crippen LogP contribution is -2.31. The number of carbonyl (C=O) groups excluding carboxylic acids is 2. The molecule has 2 N–H and O–H groups in total. The van der Waals surface area contributed by atoms with Gasteiger partial charge in [-0.25, -0.2) is 0 Å². The second-order valence-electron chi connectivity index (χ2n) is 4.84. The minimum atomic E-state index is -0.0249. The van der Waals surface area contributed by atoms with E-state index < -0.39 is 0 Å². The van der Waals surface area contributed by atoms with E-state index in [4.69, 9.17) is 5.73 Å². The standard InChI is InChI=1S/C15H23N3O2.ClH/c1-4-18(14(19)9-10-16)11-12-5-7-13(8-6-12)15(20)17(2)3;/h5-8H,4,9-11,16H2,1-3H3;1H. The van der Waals surface area contributed by atoms with E-state index in [0.717, 1.165) is 5.56 Å². The van der Waals surface area contributed by atoms with Gasteiger partial charge in [-0.3, -0.25) is 9.59 Å². The summed E-state index contributed by atoms with van der Waals surface area (Å²) >= 11 is 0. The Morgan fingerprint density at radius 1 is 1.14 bits per heavy atom. The smallest absolute Gasteiger partial charge is 0.253 e. The molecule has 0 bridgehead atoms. The van der Waals surface area contributed by atoms with Crippen molar-refractivity contribution in [2.45, 2.75) is 19.9 Å². The number of amides is 2. The van der Waals surface area contributed by atoms with E-state index in [-0.39, 0.29) is 24.2 Å². The monoisotopic (exact) mass is 313 g/mol. The number of halogens is 1. The number of hydrogen-bond donors (Lipinski definition) is 1. The van der Waals surface area contributed by atoms with Gasteiger partial charge in [0.05, 0.1) is 0 Å². The highest BCUT2D eigenvalue weighted by Crippen LogP contribution is 2.10. The average molecular weight is 314 g/mol. The van der Waals surface area contributed by atoms with Crippen LogP contribution in [0.5, 0.6) is 0 Å². The van der Waals surface area contributed by atoms with Gasteiger partial charge in [-0.2, -0.15) is 0 Å². The van der Waals surface area contributed by atoms with Crippen LogP contribution in [0.2, 0.25) is 0 Å². The average Bonchev–Trinajstić information content (AvgIpc) is 2.44. The minimum Gasteiger partial charge on any atom is -0.345 e. The number of rotatable bonds is 6. The molecule has 21 heavy (non-hydrogen) atoms. The minimum absolute atomic E-state index is 0. The fourth-order valence-corrected chi connectivity index (χ4v) is 1.89. The highest BCUT2D eigenvalue weighted by atomic mass is 35.5. The van der Waals surface area contributed by atoms with Crippen molar-refractivity contribution in [1.82, 2.24) is 9.80 Å². The maximum atomic E-state index is 11.8. The van der Waals surface area contributed by atoms with Gasteiger partial charge in [-0.15, -0.1) is 12.4 Å². The van der Waals surface area contributed by atoms with Crippen LogP contribution in [0, 0.1) is 0 Å². The first-order chi connectivity index (χ1) is 9.49. The third-order valence-electron chi connectivity index (χ3n) is 3.07. The molecule has 118 valence electrons. The van der Waals surface area contributed by atoms with E-state index in [0.29, 0.717) is 31.6 Å². The lowest BCUT2D eigenvalue weighted by atomic mass is 10.1. The van der Waals surface area contributed by atoms with Crippen molar-refractivity contribution >= 4 is 24.2 Å². The predicted molar refractivity (Wildman–Crippen MR) is 86.5 cm³/mol. The molecule has 0 spiro atoms. The molecular weight excluding hydrogens is 290 g/mol. The molecule has 0 saturated heterocycles. The van der Waals surface area contributed by atoms with Crippen molar-refractivity contribution in [3.05, 3.63) is 35.4 Å². The fourth-order valence-electron chi connectivity index (χ4n) is 1.89. The number of nitrogens with two attached hydrogens (primary N) is 1. The highest BCUT2D eigenvalue weighted by Gasteiger charge is 2.12. The van der Waals surface area contributed by atoms with Gasteiger partial charge in [0.2, 0.25) is 5.91 Å². The topological polar surface area (TPSA) is 66.6 Å². The Labute approximate surface area is 132 Å². The summed E-state index contributed by atoms with van der Waals surface area (Å²) in [6, 6.07) is 7.35.